The second kappa shape index (κ2) is 5.73. The van der Waals surface area contributed by atoms with Crippen LogP contribution in [0.15, 0.2) is 0 Å². The first-order valence-corrected chi connectivity index (χ1v) is 5.22. The maximum absolute atomic E-state index is 10.8. The second-order valence-corrected chi connectivity index (χ2v) is 5.04. The van der Waals surface area contributed by atoms with Crippen molar-refractivity contribution in [2.75, 3.05) is 0 Å². The Morgan fingerprint density at radius 2 is 1.93 bits per heavy atom. The molecular formula is C11H23NO3. The lowest BCUT2D eigenvalue weighted by molar-refractivity contribution is -0.141. The summed E-state index contributed by atoms with van der Waals surface area (Å²) in [5.41, 5.74) is 0.208. The van der Waals surface area contributed by atoms with E-state index in [0.29, 0.717) is 6.42 Å². The molecule has 0 saturated heterocycles. The van der Waals surface area contributed by atoms with Gasteiger partial charge < -0.3 is 10.4 Å². The van der Waals surface area contributed by atoms with Gasteiger partial charge in [-0.3, -0.25) is 4.79 Å². The van der Waals surface area contributed by atoms with E-state index in [1.807, 2.05) is 0 Å². The van der Waals surface area contributed by atoms with E-state index in [4.69, 9.17) is 5.11 Å². The van der Waals surface area contributed by atoms with Crippen molar-refractivity contribution in [2.24, 2.45) is 5.41 Å². The molecule has 0 aromatic heterocycles. The minimum absolute atomic E-state index is 0. The summed E-state index contributed by atoms with van der Waals surface area (Å²) in [5.74, 6) is -1.25. The van der Waals surface area contributed by atoms with Crippen molar-refractivity contribution in [2.45, 2.75) is 53.0 Å². The van der Waals surface area contributed by atoms with Gasteiger partial charge in [0.05, 0.1) is 0 Å². The van der Waals surface area contributed by atoms with E-state index in [9.17, 15) is 9.59 Å². The Hall–Kier alpha value is -1.06. The first-order valence-electron chi connectivity index (χ1n) is 5.22. The van der Waals surface area contributed by atoms with Gasteiger partial charge in [-0.2, -0.15) is 0 Å². The molecule has 1 unspecified atom stereocenters. The van der Waals surface area contributed by atoms with Crippen LogP contribution in [0.4, 0.5) is 0 Å². The van der Waals surface area contributed by atoms with Crippen LogP contribution in [0.3, 0.4) is 0 Å². The molecule has 0 heterocycles. The zero-order valence-electron chi connectivity index (χ0n) is 9.96. The average molecular weight is 217 g/mol. The summed E-state index contributed by atoms with van der Waals surface area (Å²) in [5, 5.41) is 11.3. The minimum Gasteiger partial charge on any atom is -0.480 e. The Bertz CT molecular complexity index is 236. The fourth-order valence-corrected chi connectivity index (χ4v) is 1.34. The summed E-state index contributed by atoms with van der Waals surface area (Å²) in [4.78, 5) is 21.5. The quantitative estimate of drug-likeness (QED) is 0.740. The SMILES string of the molecule is CC(=O)NC(CCCC(C)(C)C)C(=O)O.[HH]. The molecule has 0 aromatic carbocycles. The number of hydrogen-bond donors (Lipinski definition) is 2. The summed E-state index contributed by atoms with van der Waals surface area (Å²) in [6.45, 7) is 7.67. The smallest absolute Gasteiger partial charge is 0.326 e. The number of rotatable bonds is 5. The van der Waals surface area contributed by atoms with E-state index in [-0.39, 0.29) is 12.7 Å². The Morgan fingerprint density at radius 1 is 1.40 bits per heavy atom. The number of nitrogens with one attached hydrogen (secondary N) is 1. The van der Waals surface area contributed by atoms with Crippen molar-refractivity contribution in [3.63, 3.8) is 0 Å². The van der Waals surface area contributed by atoms with Gasteiger partial charge in [-0.25, -0.2) is 4.79 Å². The van der Waals surface area contributed by atoms with Gasteiger partial charge in [0.2, 0.25) is 5.91 Å². The molecule has 0 bridgehead atoms. The topological polar surface area (TPSA) is 66.4 Å². The molecule has 2 N–H and O–H groups in total. The third-order valence-electron chi connectivity index (χ3n) is 2.10. The van der Waals surface area contributed by atoms with Gasteiger partial charge in [0.25, 0.3) is 0 Å². The van der Waals surface area contributed by atoms with Crippen molar-refractivity contribution in [3.8, 4) is 0 Å². The van der Waals surface area contributed by atoms with Crippen LogP contribution < -0.4 is 5.32 Å². The molecule has 4 heteroatoms. The van der Waals surface area contributed by atoms with E-state index in [2.05, 4.69) is 26.1 Å². The van der Waals surface area contributed by atoms with E-state index >= 15 is 0 Å². The van der Waals surface area contributed by atoms with Gasteiger partial charge >= 0.3 is 5.97 Å². The lowest BCUT2D eigenvalue weighted by Crippen LogP contribution is -2.39. The van der Waals surface area contributed by atoms with Crippen molar-refractivity contribution >= 4 is 11.9 Å². The normalized spacial score (nSPS) is 13.3. The summed E-state index contributed by atoms with van der Waals surface area (Å²) < 4.78 is 0. The Balaban J connectivity index is 0. The summed E-state index contributed by atoms with van der Waals surface area (Å²) in [6.07, 6.45) is 2.25. The van der Waals surface area contributed by atoms with Gasteiger partial charge in [0.15, 0.2) is 0 Å². The van der Waals surface area contributed by atoms with Crippen molar-refractivity contribution in [3.05, 3.63) is 0 Å². The molecule has 0 spiro atoms. The number of aliphatic carboxylic acids is 1. The van der Waals surface area contributed by atoms with E-state index < -0.39 is 12.0 Å². The molecule has 1 atom stereocenters. The molecular weight excluding hydrogens is 194 g/mol. The molecule has 0 fully saturated rings. The molecule has 0 radical (unpaired) electrons. The van der Waals surface area contributed by atoms with Crippen LogP contribution in [0, 0.1) is 5.41 Å². The Kier molecular flexibility index (Phi) is 5.33. The number of hydrogen-bond acceptors (Lipinski definition) is 2. The molecule has 1 amide bonds. The van der Waals surface area contributed by atoms with Crippen LogP contribution in [0.1, 0.15) is 48.4 Å². The highest BCUT2D eigenvalue weighted by Crippen LogP contribution is 2.22. The molecule has 0 rings (SSSR count). The molecule has 4 nitrogen and oxygen atoms in total. The predicted molar refractivity (Wildman–Crippen MR) is 60.7 cm³/mol. The molecule has 0 aliphatic carbocycles. The van der Waals surface area contributed by atoms with Crippen LogP contribution >= 0.6 is 0 Å². The summed E-state index contributed by atoms with van der Waals surface area (Å²) in [6, 6.07) is -0.746. The maximum Gasteiger partial charge on any atom is 0.326 e. The Labute approximate surface area is 92.5 Å². The maximum atomic E-state index is 10.8. The highest BCUT2D eigenvalue weighted by molar-refractivity contribution is 5.81. The highest BCUT2D eigenvalue weighted by Gasteiger charge is 2.19. The highest BCUT2D eigenvalue weighted by atomic mass is 16.4. The lowest BCUT2D eigenvalue weighted by atomic mass is 9.89. The largest absolute Gasteiger partial charge is 0.480 e. The monoisotopic (exact) mass is 217 g/mol. The number of carbonyl (C=O) groups is 2. The fraction of sp³-hybridized carbons (Fsp3) is 0.818. The number of carboxylic acid groups (broad SMARTS) is 1. The van der Waals surface area contributed by atoms with Gasteiger partial charge in [-0.1, -0.05) is 27.2 Å². The van der Waals surface area contributed by atoms with Gasteiger partial charge in [-0.05, 0) is 18.3 Å². The van der Waals surface area contributed by atoms with E-state index in [1.165, 1.54) is 6.92 Å². The third kappa shape index (κ3) is 7.97. The molecule has 15 heavy (non-hydrogen) atoms. The zero-order chi connectivity index (χ0) is 12.1. The standard InChI is InChI=1S/C11H21NO3.H2/c1-8(13)12-9(10(14)15)6-5-7-11(2,3)4;/h9H,5-7H2,1-4H3,(H,12,13)(H,14,15);1H. The Morgan fingerprint density at radius 3 is 2.27 bits per heavy atom. The number of carboxylic acids is 1. The molecule has 0 aromatic rings. The fourth-order valence-electron chi connectivity index (χ4n) is 1.34. The first-order chi connectivity index (χ1) is 6.72. The van der Waals surface area contributed by atoms with E-state index in [0.717, 1.165) is 12.8 Å². The zero-order valence-corrected chi connectivity index (χ0v) is 9.96. The van der Waals surface area contributed by atoms with Crippen molar-refractivity contribution < 1.29 is 16.1 Å². The van der Waals surface area contributed by atoms with Gasteiger partial charge in [-0.15, -0.1) is 0 Å². The average Bonchev–Trinajstić information content (AvgIpc) is 1.99. The van der Waals surface area contributed by atoms with Crippen LogP contribution in [0.2, 0.25) is 0 Å². The molecule has 90 valence electrons. The summed E-state index contributed by atoms with van der Waals surface area (Å²) in [7, 11) is 0. The number of amides is 1. The van der Waals surface area contributed by atoms with Crippen LogP contribution in [0.5, 0.6) is 0 Å². The van der Waals surface area contributed by atoms with Crippen LogP contribution in [-0.2, 0) is 9.59 Å². The third-order valence-corrected chi connectivity index (χ3v) is 2.10. The van der Waals surface area contributed by atoms with Crippen LogP contribution in [-0.4, -0.2) is 23.0 Å². The number of carbonyl (C=O) groups excluding carboxylic acids is 1. The van der Waals surface area contributed by atoms with Crippen molar-refractivity contribution in [1.82, 2.24) is 5.32 Å². The minimum atomic E-state index is -0.959. The first kappa shape index (κ1) is 13.9. The second-order valence-electron chi connectivity index (χ2n) is 5.04. The van der Waals surface area contributed by atoms with Gasteiger partial charge in [0, 0.05) is 8.35 Å². The van der Waals surface area contributed by atoms with Crippen molar-refractivity contribution in [1.29, 1.82) is 0 Å². The van der Waals surface area contributed by atoms with E-state index in [1.54, 1.807) is 0 Å². The van der Waals surface area contributed by atoms with Gasteiger partial charge in [0.1, 0.15) is 6.04 Å². The molecule has 0 aliphatic rings. The summed E-state index contributed by atoms with van der Waals surface area (Å²) >= 11 is 0. The molecule has 0 saturated carbocycles. The molecule has 0 aliphatic heterocycles. The van der Waals surface area contributed by atoms with Crippen LogP contribution in [0.25, 0.3) is 0 Å². The lowest BCUT2D eigenvalue weighted by Gasteiger charge is -2.19. The predicted octanol–water partition coefficient (Wildman–Crippen LogP) is 2.04.